The lowest BCUT2D eigenvalue weighted by molar-refractivity contribution is -0.149. The summed E-state index contributed by atoms with van der Waals surface area (Å²) in [5.74, 6) is -0.0622. The van der Waals surface area contributed by atoms with Crippen LogP contribution in [0, 0.1) is 5.92 Å². The minimum atomic E-state index is -2.47. The van der Waals surface area contributed by atoms with E-state index < -0.39 is 19.8 Å². The lowest BCUT2D eigenvalue weighted by Crippen LogP contribution is -2.52. The number of nitrogens with one attached hydrogen (secondary N) is 1. The molecular formula is C38H45N3O6Si. The number of fused-ring (bicyclic) bond motifs is 2. The second-order valence-corrected chi connectivity index (χ2v) is 18.4. The predicted molar refractivity (Wildman–Crippen MR) is 189 cm³/mol. The number of carbonyl (C=O) groups excluding carboxylic acids is 3. The molecule has 6 rings (SSSR count). The number of aliphatic hydroxyl groups is 1. The van der Waals surface area contributed by atoms with Gasteiger partial charge in [-0.2, -0.15) is 0 Å². The molecule has 3 aliphatic rings. The van der Waals surface area contributed by atoms with Crippen molar-refractivity contribution in [2.75, 3.05) is 37.0 Å². The zero-order chi connectivity index (χ0) is 34.2. The van der Waals surface area contributed by atoms with E-state index in [9.17, 15) is 19.5 Å². The van der Waals surface area contributed by atoms with Gasteiger partial charge in [0, 0.05) is 35.8 Å². The van der Waals surface area contributed by atoms with Crippen LogP contribution >= 0.6 is 0 Å². The number of aliphatic hydroxyl groups excluding tert-OH is 1. The summed E-state index contributed by atoms with van der Waals surface area (Å²) in [7, 11) is -0.829. The largest absolute Gasteiger partial charge is 0.497 e. The summed E-state index contributed by atoms with van der Waals surface area (Å²) < 4.78 is 12.6. The van der Waals surface area contributed by atoms with E-state index in [-0.39, 0.29) is 48.3 Å². The van der Waals surface area contributed by atoms with Gasteiger partial charge in [-0.1, -0.05) is 61.6 Å². The Kier molecular flexibility index (Phi) is 9.35. The van der Waals surface area contributed by atoms with Crippen LogP contribution in [-0.2, 0) is 19.9 Å². The first-order valence-corrected chi connectivity index (χ1v) is 19.8. The lowest BCUT2D eigenvalue weighted by Gasteiger charge is -2.37. The smallest absolute Gasteiger partial charge is 0.264 e. The number of ether oxygens (including phenoxy) is 2. The minimum absolute atomic E-state index is 0.0668. The highest BCUT2D eigenvalue weighted by atomic mass is 28.3. The van der Waals surface area contributed by atoms with Crippen molar-refractivity contribution in [2.45, 2.75) is 62.6 Å². The van der Waals surface area contributed by atoms with E-state index in [0.29, 0.717) is 35.6 Å². The Bertz CT molecular complexity index is 1700. The molecular weight excluding hydrogens is 623 g/mol. The van der Waals surface area contributed by atoms with Crippen LogP contribution < -0.4 is 20.1 Å². The van der Waals surface area contributed by atoms with E-state index in [0.717, 1.165) is 18.6 Å². The van der Waals surface area contributed by atoms with E-state index in [1.165, 1.54) is 5.19 Å². The third-order valence-electron chi connectivity index (χ3n) is 10.7. The Morgan fingerprint density at radius 3 is 2.52 bits per heavy atom. The molecule has 0 aliphatic carbocycles. The summed E-state index contributed by atoms with van der Waals surface area (Å²) in [6.45, 7) is 11.4. The molecule has 3 heterocycles. The highest BCUT2D eigenvalue weighted by Crippen LogP contribution is 2.60. The first-order valence-electron chi connectivity index (χ1n) is 16.7. The number of anilines is 2. The molecule has 0 unspecified atom stereocenters. The van der Waals surface area contributed by atoms with Gasteiger partial charge in [-0.25, -0.2) is 0 Å². The van der Waals surface area contributed by atoms with Crippen LogP contribution in [0.2, 0.25) is 18.6 Å². The Labute approximate surface area is 283 Å². The van der Waals surface area contributed by atoms with Crippen molar-refractivity contribution in [3.8, 4) is 5.75 Å². The molecule has 0 radical (unpaired) electrons. The fourth-order valence-electron chi connectivity index (χ4n) is 8.34. The Morgan fingerprint density at radius 2 is 1.85 bits per heavy atom. The Balaban J connectivity index is 1.44. The molecule has 0 aromatic heterocycles. The van der Waals surface area contributed by atoms with E-state index in [1.807, 2.05) is 42.5 Å². The van der Waals surface area contributed by atoms with Crippen molar-refractivity contribution in [3.63, 3.8) is 0 Å². The molecule has 2 fully saturated rings. The molecule has 2 saturated heterocycles. The SMILES string of the molecule is C=CCN1C(=O)[C@@]2(O[C@@H](CC(=O)N3CCC[C@H]3CO)[C@H]([Si](C)(C)c3ccc(OC)cc3)[C@H]2C)c2cc(NC(=O)c3ccccc3)ccc21. The number of amides is 3. The number of rotatable bonds is 10. The number of benzene rings is 3. The molecule has 3 aromatic carbocycles. The van der Waals surface area contributed by atoms with Crippen molar-refractivity contribution in [3.05, 3.63) is 96.6 Å². The zero-order valence-electron chi connectivity index (χ0n) is 28.1. The molecule has 5 atom stereocenters. The van der Waals surface area contributed by atoms with Crippen molar-refractivity contribution in [1.29, 1.82) is 0 Å². The monoisotopic (exact) mass is 667 g/mol. The maximum Gasteiger partial charge on any atom is 0.264 e. The molecule has 3 amide bonds. The second kappa shape index (κ2) is 13.3. The predicted octanol–water partition coefficient (Wildman–Crippen LogP) is 5.07. The first-order chi connectivity index (χ1) is 23.1. The number of nitrogens with zero attached hydrogens (tertiary/aromatic N) is 2. The summed E-state index contributed by atoms with van der Waals surface area (Å²) in [4.78, 5) is 45.4. The van der Waals surface area contributed by atoms with Gasteiger partial charge in [0.25, 0.3) is 11.8 Å². The number of methoxy groups -OCH3 is 1. The van der Waals surface area contributed by atoms with Gasteiger partial charge in [0.2, 0.25) is 5.91 Å². The van der Waals surface area contributed by atoms with Crippen molar-refractivity contribution < 1.29 is 29.0 Å². The highest BCUT2D eigenvalue weighted by molar-refractivity contribution is 6.91. The topological polar surface area (TPSA) is 108 Å². The molecule has 0 saturated carbocycles. The maximum atomic E-state index is 14.8. The summed E-state index contributed by atoms with van der Waals surface area (Å²) in [6.07, 6.45) is 2.86. The molecule has 252 valence electrons. The Morgan fingerprint density at radius 1 is 1.12 bits per heavy atom. The molecule has 3 aliphatic heterocycles. The van der Waals surface area contributed by atoms with Gasteiger partial charge >= 0.3 is 0 Å². The van der Waals surface area contributed by atoms with Gasteiger partial charge < -0.3 is 29.7 Å². The molecule has 9 nitrogen and oxygen atoms in total. The van der Waals surface area contributed by atoms with Crippen LogP contribution in [0.3, 0.4) is 0 Å². The Hall–Kier alpha value is -4.25. The normalized spacial score (nSPS) is 25.0. The van der Waals surface area contributed by atoms with Gasteiger partial charge in [0.1, 0.15) is 5.75 Å². The zero-order valence-corrected chi connectivity index (χ0v) is 29.1. The van der Waals surface area contributed by atoms with Crippen molar-refractivity contribution in [2.24, 2.45) is 5.92 Å². The summed E-state index contributed by atoms with van der Waals surface area (Å²) in [5.41, 5.74) is 0.960. The van der Waals surface area contributed by atoms with E-state index in [1.54, 1.807) is 41.2 Å². The fourth-order valence-corrected chi connectivity index (χ4v) is 12.3. The lowest BCUT2D eigenvalue weighted by atomic mass is 9.82. The highest BCUT2D eigenvalue weighted by Gasteiger charge is 2.66. The van der Waals surface area contributed by atoms with Crippen LogP contribution in [-0.4, -0.2) is 74.8 Å². The second-order valence-electron chi connectivity index (χ2n) is 13.7. The third-order valence-corrected chi connectivity index (χ3v) is 15.1. The number of hydrogen-bond donors (Lipinski definition) is 2. The fraction of sp³-hybridized carbons (Fsp3) is 0.395. The number of hydrogen-bond acceptors (Lipinski definition) is 6. The van der Waals surface area contributed by atoms with Gasteiger partial charge in [0.05, 0.1) is 46.0 Å². The van der Waals surface area contributed by atoms with E-state index in [4.69, 9.17) is 9.47 Å². The van der Waals surface area contributed by atoms with E-state index >= 15 is 0 Å². The minimum Gasteiger partial charge on any atom is -0.497 e. The van der Waals surface area contributed by atoms with Crippen LogP contribution in [0.4, 0.5) is 11.4 Å². The summed E-state index contributed by atoms with van der Waals surface area (Å²) in [5, 5.41) is 14.2. The average Bonchev–Trinajstić information content (AvgIpc) is 3.76. The maximum absolute atomic E-state index is 14.8. The van der Waals surface area contributed by atoms with Crippen molar-refractivity contribution >= 4 is 42.4 Å². The summed E-state index contributed by atoms with van der Waals surface area (Å²) in [6, 6.07) is 22.4. The molecule has 2 N–H and O–H groups in total. The molecule has 10 heteroatoms. The van der Waals surface area contributed by atoms with Crippen LogP contribution in [0.25, 0.3) is 0 Å². The molecule has 48 heavy (non-hydrogen) atoms. The first kappa shape index (κ1) is 33.6. The average molecular weight is 668 g/mol. The molecule has 1 spiro atoms. The van der Waals surface area contributed by atoms with Crippen LogP contribution in [0.15, 0.2) is 85.5 Å². The third kappa shape index (κ3) is 5.65. The van der Waals surface area contributed by atoms with Gasteiger partial charge in [0.15, 0.2) is 5.60 Å². The quantitative estimate of drug-likeness (QED) is 0.231. The van der Waals surface area contributed by atoms with Gasteiger partial charge in [-0.3, -0.25) is 14.4 Å². The van der Waals surface area contributed by atoms with E-state index in [2.05, 4.69) is 44.0 Å². The number of likely N-dealkylation sites (tertiary alicyclic amines) is 1. The molecule has 0 bridgehead atoms. The van der Waals surface area contributed by atoms with Gasteiger partial charge in [-0.15, -0.1) is 6.58 Å². The van der Waals surface area contributed by atoms with Crippen LogP contribution in [0.5, 0.6) is 5.75 Å². The molecule has 3 aromatic rings. The summed E-state index contributed by atoms with van der Waals surface area (Å²) >= 11 is 0. The van der Waals surface area contributed by atoms with Crippen molar-refractivity contribution in [1.82, 2.24) is 4.90 Å². The standard InChI is InChI=1S/C38H45N3O6Si/c1-6-20-41-32-19-14-27(39-36(44)26-11-8-7-9-12-26)22-31(32)38(37(41)45)25(2)35(48(4,5)30-17-15-29(46-3)16-18-30)33(47-38)23-34(43)40-21-10-13-28(40)24-42/h6-9,11-12,14-19,22,25,28,33,35,42H,1,10,13,20-21,23-24H2,2-5H3,(H,39,44)/t25-,28+,33+,35-,38+/m1/s1. The van der Waals surface area contributed by atoms with Crippen LogP contribution in [0.1, 0.15) is 42.1 Å². The van der Waals surface area contributed by atoms with Gasteiger partial charge in [-0.05, 0) is 60.8 Å². The number of carbonyl (C=O) groups is 3.